The summed E-state index contributed by atoms with van der Waals surface area (Å²) in [5, 5.41) is 9.41. The Hall–Kier alpha value is -2.02. The Morgan fingerprint density at radius 2 is 2.42 bits per heavy atom. The number of ether oxygens (including phenoxy) is 1. The van der Waals surface area contributed by atoms with Crippen molar-refractivity contribution in [2.45, 2.75) is 19.9 Å². The molecule has 2 rings (SSSR count). The fourth-order valence-electron chi connectivity index (χ4n) is 1.66. The summed E-state index contributed by atoms with van der Waals surface area (Å²) in [6.45, 7) is 2.74. The number of nitrogens with zero attached hydrogens (tertiary/aromatic N) is 3. The number of hydrogen-bond acceptors (Lipinski definition) is 4. The summed E-state index contributed by atoms with van der Waals surface area (Å²) in [4.78, 5) is 16.0. The lowest BCUT2D eigenvalue weighted by Gasteiger charge is -2.06. The van der Waals surface area contributed by atoms with Gasteiger partial charge < -0.3 is 9.30 Å². The van der Waals surface area contributed by atoms with E-state index in [4.69, 9.17) is 16.3 Å². The van der Waals surface area contributed by atoms with Crippen LogP contribution in [-0.2, 0) is 6.54 Å². The maximum Gasteiger partial charge on any atom is 0.336 e. The molecule has 0 saturated carbocycles. The predicted molar refractivity (Wildman–Crippen MR) is 70.6 cm³/mol. The van der Waals surface area contributed by atoms with E-state index in [2.05, 4.69) is 20.5 Å². The number of nitrogens with one attached hydrogen (secondary N) is 2. The summed E-state index contributed by atoms with van der Waals surface area (Å²) in [6.07, 6.45) is 2.63. The van der Waals surface area contributed by atoms with Crippen LogP contribution >= 0.6 is 11.6 Å². The van der Waals surface area contributed by atoms with Crippen LogP contribution in [-0.4, -0.2) is 32.8 Å². The number of anilines is 1. The Labute approximate surface area is 114 Å². The van der Waals surface area contributed by atoms with Crippen molar-refractivity contribution in [2.24, 2.45) is 0 Å². The van der Waals surface area contributed by atoms with Crippen molar-refractivity contribution in [1.82, 2.24) is 19.7 Å². The molecular formula is C11H14ClN5O2. The summed E-state index contributed by atoms with van der Waals surface area (Å²) in [7, 11) is 1.45. The first-order valence-electron chi connectivity index (χ1n) is 5.77. The first kappa shape index (κ1) is 13.4. The molecule has 2 aromatic rings. The fraction of sp³-hybridized carbons (Fsp3) is 0.364. The zero-order valence-corrected chi connectivity index (χ0v) is 11.4. The van der Waals surface area contributed by atoms with Crippen molar-refractivity contribution in [3.63, 3.8) is 0 Å². The number of aryl methyl sites for hydroxylation is 1. The van der Waals surface area contributed by atoms with Gasteiger partial charge in [-0.05, 0) is 12.5 Å². The molecule has 0 bridgehead atoms. The van der Waals surface area contributed by atoms with Crippen LogP contribution < -0.4 is 10.1 Å². The van der Waals surface area contributed by atoms with Crippen LogP contribution in [0.1, 0.15) is 23.8 Å². The number of amides is 1. The van der Waals surface area contributed by atoms with Crippen LogP contribution in [0.2, 0.25) is 5.02 Å². The van der Waals surface area contributed by atoms with E-state index in [0.717, 1.165) is 13.0 Å². The molecule has 1 amide bonds. The lowest BCUT2D eigenvalue weighted by Crippen LogP contribution is -2.17. The molecular weight excluding hydrogens is 270 g/mol. The van der Waals surface area contributed by atoms with E-state index in [9.17, 15) is 4.79 Å². The molecule has 2 heterocycles. The topological polar surface area (TPSA) is 84.8 Å². The first-order valence-corrected chi connectivity index (χ1v) is 6.15. The lowest BCUT2D eigenvalue weighted by molar-refractivity contribution is 0.101. The molecule has 0 aliphatic carbocycles. The maximum atomic E-state index is 12.1. The monoisotopic (exact) mass is 283 g/mol. The van der Waals surface area contributed by atoms with E-state index < -0.39 is 0 Å². The molecule has 0 spiro atoms. The van der Waals surface area contributed by atoms with Crippen LogP contribution in [0.5, 0.6) is 6.01 Å². The summed E-state index contributed by atoms with van der Waals surface area (Å²) < 4.78 is 6.61. The van der Waals surface area contributed by atoms with Crippen molar-refractivity contribution in [1.29, 1.82) is 0 Å². The van der Waals surface area contributed by atoms with E-state index in [1.807, 2.05) is 6.92 Å². The second-order valence-electron chi connectivity index (χ2n) is 3.86. The SMILES string of the molecule is CCCn1cc(Cl)cc1C(=O)Nc1nc(OC)n[nH]1. The second kappa shape index (κ2) is 5.75. The molecule has 8 heteroatoms. The molecule has 0 aromatic carbocycles. The van der Waals surface area contributed by atoms with Gasteiger partial charge in [-0.1, -0.05) is 18.5 Å². The second-order valence-corrected chi connectivity index (χ2v) is 4.30. The standard InChI is InChI=1S/C11H14ClN5O2/c1-3-4-17-6-7(12)5-8(17)9(18)13-10-14-11(19-2)16-15-10/h5-6H,3-4H2,1-2H3,(H2,13,14,15,16,18). The molecule has 0 fully saturated rings. The Kier molecular flexibility index (Phi) is 4.06. The van der Waals surface area contributed by atoms with Crippen LogP contribution in [0, 0.1) is 0 Å². The minimum atomic E-state index is -0.306. The fourth-order valence-corrected chi connectivity index (χ4v) is 1.88. The van der Waals surface area contributed by atoms with Gasteiger partial charge in [-0.3, -0.25) is 10.1 Å². The van der Waals surface area contributed by atoms with Crippen LogP contribution in [0.25, 0.3) is 0 Å². The smallest absolute Gasteiger partial charge is 0.336 e. The van der Waals surface area contributed by atoms with Gasteiger partial charge in [0.15, 0.2) is 0 Å². The number of hydrogen-bond donors (Lipinski definition) is 2. The predicted octanol–water partition coefficient (Wildman–Crippen LogP) is 1.93. The summed E-state index contributed by atoms with van der Waals surface area (Å²) in [5.74, 6) is -0.0821. The largest absolute Gasteiger partial charge is 0.466 e. The van der Waals surface area contributed by atoms with E-state index >= 15 is 0 Å². The van der Waals surface area contributed by atoms with Crippen molar-refractivity contribution < 1.29 is 9.53 Å². The molecule has 0 radical (unpaired) electrons. The third-order valence-corrected chi connectivity index (χ3v) is 2.65. The van der Waals surface area contributed by atoms with Gasteiger partial charge in [0.1, 0.15) is 5.69 Å². The normalized spacial score (nSPS) is 10.5. The third kappa shape index (κ3) is 3.05. The van der Waals surface area contributed by atoms with Crippen LogP contribution in [0.15, 0.2) is 12.3 Å². The molecule has 2 N–H and O–H groups in total. The van der Waals surface area contributed by atoms with Gasteiger partial charge in [-0.2, -0.15) is 4.98 Å². The quantitative estimate of drug-likeness (QED) is 0.878. The Morgan fingerprint density at radius 3 is 3.05 bits per heavy atom. The maximum absolute atomic E-state index is 12.1. The molecule has 0 aliphatic rings. The summed E-state index contributed by atoms with van der Waals surface area (Å²) in [6, 6.07) is 1.78. The van der Waals surface area contributed by atoms with Crippen molar-refractivity contribution in [3.05, 3.63) is 23.0 Å². The minimum Gasteiger partial charge on any atom is -0.466 e. The van der Waals surface area contributed by atoms with Gasteiger partial charge in [0, 0.05) is 12.7 Å². The highest BCUT2D eigenvalue weighted by Crippen LogP contribution is 2.16. The summed E-state index contributed by atoms with van der Waals surface area (Å²) >= 11 is 5.92. The number of H-pyrrole nitrogens is 1. The number of aromatic nitrogens is 4. The number of aromatic amines is 1. The molecule has 7 nitrogen and oxygen atoms in total. The highest BCUT2D eigenvalue weighted by molar-refractivity contribution is 6.31. The van der Waals surface area contributed by atoms with Crippen molar-refractivity contribution in [3.8, 4) is 6.01 Å². The third-order valence-electron chi connectivity index (χ3n) is 2.44. The molecule has 19 heavy (non-hydrogen) atoms. The molecule has 0 saturated heterocycles. The minimum absolute atomic E-state index is 0.164. The molecule has 0 aliphatic heterocycles. The zero-order chi connectivity index (χ0) is 13.8. The van der Waals surface area contributed by atoms with Gasteiger partial charge in [0.2, 0.25) is 5.95 Å². The van der Waals surface area contributed by atoms with E-state index in [1.54, 1.807) is 16.8 Å². The van der Waals surface area contributed by atoms with Gasteiger partial charge in [0.25, 0.3) is 5.91 Å². The summed E-state index contributed by atoms with van der Waals surface area (Å²) in [5.41, 5.74) is 0.474. The Bertz CT molecular complexity index is 577. The van der Waals surface area contributed by atoms with E-state index in [0.29, 0.717) is 10.7 Å². The average Bonchev–Trinajstić information content (AvgIpc) is 2.96. The molecule has 102 valence electrons. The number of carbonyl (C=O) groups is 1. The Morgan fingerprint density at radius 1 is 1.63 bits per heavy atom. The molecule has 2 aromatic heterocycles. The zero-order valence-electron chi connectivity index (χ0n) is 10.6. The lowest BCUT2D eigenvalue weighted by atomic mass is 10.4. The van der Waals surface area contributed by atoms with E-state index in [1.165, 1.54) is 7.11 Å². The van der Waals surface area contributed by atoms with E-state index in [-0.39, 0.29) is 17.9 Å². The highest BCUT2D eigenvalue weighted by atomic mass is 35.5. The van der Waals surface area contributed by atoms with Crippen molar-refractivity contribution in [2.75, 3.05) is 12.4 Å². The van der Waals surface area contributed by atoms with Crippen LogP contribution in [0.4, 0.5) is 5.95 Å². The van der Waals surface area contributed by atoms with Gasteiger partial charge in [-0.15, -0.1) is 5.10 Å². The van der Waals surface area contributed by atoms with Crippen molar-refractivity contribution >= 4 is 23.5 Å². The number of carbonyl (C=O) groups excluding carboxylic acids is 1. The number of halogens is 1. The number of rotatable bonds is 5. The molecule has 0 atom stereocenters. The van der Waals surface area contributed by atoms with Gasteiger partial charge in [0.05, 0.1) is 12.1 Å². The van der Waals surface area contributed by atoms with Crippen LogP contribution in [0.3, 0.4) is 0 Å². The Balaban J connectivity index is 2.15. The highest BCUT2D eigenvalue weighted by Gasteiger charge is 2.15. The average molecular weight is 284 g/mol. The van der Waals surface area contributed by atoms with Gasteiger partial charge in [-0.25, -0.2) is 5.10 Å². The number of methoxy groups -OCH3 is 1. The first-order chi connectivity index (χ1) is 9.13. The molecule has 0 unspecified atom stereocenters. The van der Waals surface area contributed by atoms with Gasteiger partial charge >= 0.3 is 6.01 Å².